The first kappa shape index (κ1) is 13.1. The van der Waals surface area contributed by atoms with E-state index in [2.05, 4.69) is 0 Å². The number of hydrogen-bond donors (Lipinski definition) is 0. The molecular formula is C17H19NO2. The molecule has 1 aromatic carbocycles. The first-order chi connectivity index (χ1) is 9.68. The molecule has 3 nitrogen and oxygen atoms in total. The van der Waals surface area contributed by atoms with Crippen molar-refractivity contribution in [3.63, 3.8) is 0 Å². The van der Waals surface area contributed by atoms with Crippen LogP contribution in [0.5, 0.6) is 0 Å². The molecule has 2 aliphatic rings. The van der Waals surface area contributed by atoms with Gasteiger partial charge < -0.3 is 4.90 Å². The lowest BCUT2D eigenvalue weighted by Gasteiger charge is -2.35. The van der Waals surface area contributed by atoms with E-state index in [0.29, 0.717) is 22.9 Å². The lowest BCUT2D eigenvalue weighted by molar-refractivity contribution is 0.0936. The van der Waals surface area contributed by atoms with Crippen LogP contribution in [0.1, 0.15) is 52.8 Å². The van der Waals surface area contributed by atoms with Crippen LogP contribution in [0.2, 0.25) is 0 Å². The Morgan fingerprint density at radius 1 is 1.00 bits per heavy atom. The molecule has 0 saturated heterocycles. The van der Waals surface area contributed by atoms with Crippen LogP contribution < -0.4 is 0 Å². The third-order valence-corrected chi connectivity index (χ3v) is 4.44. The van der Waals surface area contributed by atoms with E-state index in [1.165, 1.54) is 25.3 Å². The monoisotopic (exact) mass is 269 g/mol. The number of hydrogen-bond acceptors (Lipinski definition) is 3. The van der Waals surface area contributed by atoms with E-state index in [9.17, 15) is 9.59 Å². The van der Waals surface area contributed by atoms with Gasteiger partial charge in [-0.2, -0.15) is 0 Å². The molecule has 0 spiro atoms. The SMILES string of the molecule is CN(C1=CC(=O)c2ccccc2C1=O)C1CCCCC1. The van der Waals surface area contributed by atoms with E-state index in [1.807, 2.05) is 18.0 Å². The summed E-state index contributed by atoms with van der Waals surface area (Å²) in [6.07, 6.45) is 7.42. The normalized spacial score (nSPS) is 19.6. The maximum absolute atomic E-state index is 12.6. The molecule has 20 heavy (non-hydrogen) atoms. The zero-order valence-electron chi connectivity index (χ0n) is 11.8. The van der Waals surface area contributed by atoms with Crippen molar-refractivity contribution in [2.75, 3.05) is 7.05 Å². The number of carbonyl (C=O) groups excluding carboxylic acids is 2. The molecule has 3 rings (SSSR count). The highest BCUT2D eigenvalue weighted by Gasteiger charge is 2.30. The number of benzene rings is 1. The van der Waals surface area contributed by atoms with Gasteiger partial charge >= 0.3 is 0 Å². The highest BCUT2D eigenvalue weighted by Crippen LogP contribution is 2.28. The van der Waals surface area contributed by atoms with Crippen LogP contribution in [0.3, 0.4) is 0 Å². The van der Waals surface area contributed by atoms with Crippen molar-refractivity contribution < 1.29 is 9.59 Å². The van der Waals surface area contributed by atoms with Gasteiger partial charge in [-0.25, -0.2) is 0 Å². The molecule has 1 aromatic rings. The zero-order chi connectivity index (χ0) is 14.1. The number of likely N-dealkylation sites (N-methyl/N-ethyl adjacent to an activating group) is 1. The first-order valence-electron chi connectivity index (χ1n) is 7.31. The number of ketones is 2. The molecule has 0 radical (unpaired) electrons. The maximum Gasteiger partial charge on any atom is 0.209 e. The third-order valence-electron chi connectivity index (χ3n) is 4.44. The molecule has 2 aliphatic carbocycles. The van der Waals surface area contributed by atoms with Gasteiger partial charge in [0.25, 0.3) is 0 Å². The van der Waals surface area contributed by atoms with Gasteiger partial charge in [0.05, 0.1) is 5.70 Å². The number of rotatable bonds is 2. The molecule has 0 atom stereocenters. The van der Waals surface area contributed by atoms with Gasteiger partial charge in [-0.1, -0.05) is 43.5 Å². The summed E-state index contributed by atoms with van der Waals surface area (Å²) >= 11 is 0. The zero-order valence-corrected chi connectivity index (χ0v) is 11.8. The molecule has 0 unspecified atom stereocenters. The Morgan fingerprint density at radius 2 is 1.65 bits per heavy atom. The molecule has 3 heteroatoms. The largest absolute Gasteiger partial charge is 0.368 e. The van der Waals surface area contributed by atoms with Crippen LogP contribution in [0.25, 0.3) is 0 Å². The van der Waals surface area contributed by atoms with Crippen LogP contribution in [0, 0.1) is 0 Å². The van der Waals surface area contributed by atoms with Gasteiger partial charge in [0.15, 0.2) is 5.78 Å². The molecule has 0 bridgehead atoms. The average Bonchev–Trinajstić information content (AvgIpc) is 2.51. The first-order valence-corrected chi connectivity index (χ1v) is 7.31. The lowest BCUT2D eigenvalue weighted by Crippen LogP contribution is -2.37. The Hall–Kier alpha value is -1.90. The quantitative estimate of drug-likeness (QED) is 0.827. The van der Waals surface area contributed by atoms with E-state index in [1.54, 1.807) is 18.2 Å². The molecule has 0 aromatic heterocycles. The van der Waals surface area contributed by atoms with Gasteiger partial charge in [0, 0.05) is 30.3 Å². The summed E-state index contributed by atoms with van der Waals surface area (Å²) in [6, 6.07) is 7.47. The molecule has 1 fully saturated rings. The molecule has 0 heterocycles. The Balaban J connectivity index is 1.91. The van der Waals surface area contributed by atoms with Crippen molar-refractivity contribution in [3.05, 3.63) is 47.2 Å². The standard InChI is InChI=1S/C17H19NO2/c1-18(12-7-3-2-4-8-12)15-11-16(19)13-9-5-6-10-14(13)17(15)20/h5-6,9-12H,2-4,7-8H2,1H3. The minimum absolute atomic E-state index is 0.0201. The van der Waals surface area contributed by atoms with Crippen molar-refractivity contribution in [2.45, 2.75) is 38.1 Å². The number of nitrogens with zero attached hydrogens (tertiary/aromatic N) is 1. The predicted octanol–water partition coefficient (Wildman–Crippen LogP) is 3.21. The Kier molecular flexibility index (Phi) is 3.43. The summed E-state index contributed by atoms with van der Waals surface area (Å²) in [7, 11) is 1.95. The van der Waals surface area contributed by atoms with Gasteiger partial charge in [0.2, 0.25) is 5.78 Å². The maximum atomic E-state index is 12.6. The topological polar surface area (TPSA) is 37.4 Å². The number of Topliss-reactive ketones (excluding diaryl/α,β-unsaturated/α-hetero) is 1. The van der Waals surface area contributed by atoms with E-state index in [-0.39, 0.29) is 11.6 Å². The second-order valence-corrected chi connectivity index (χ2v) is 5.67. The van der Waals surface area contributed by atoms with E-state index < -0.39 is 0 Å². The molecule has 0 N–H and O–H groups in total. The Bertz CT molecular complexity index is 582. The van der Waals surface area contributed by atoms with Gasteiger partial charge in [-0.3, -0.25) is 9.59 Å². The van der Waals surface area contributed by atoms with Crippen molar-refractivity contribution in [1.82, 2.24) is 4.90 Å². The summed E-state index contributed by atoms with van der Waals surface area (Å²) in [5.74, 6) is -0.0777. The Morgan fingerprint density at radius 3 is 2.35 bits per heavy atom. The minimum Gasteiger partial charge on any atom is -0.368 e. The van der Waals surface area contributed by atoms with Crippen LogP contribution in [-0.2, 0) is 0 Å². The summed E-state index contributed by atoms with van der Waals surface area (Å²) in [4.78, 5) is 26.8. The fraction of sp³-hybridized carbons (Fsp3) is 0.412. The van der Waals surface area contributed by atoms with E-state index in [0.717, 1.165) is 12.8 Å². The second-order valence-electron chi connectivity index (χ2n) is 5.67. The number of allylic oxidation sites excluding steroid dienone is 2. The molecule has 104 valence electrons. The Labute approximate surface area is 119 Å². The van der Waals surface area contributed by atoms with Gasteiger partial charge in [0.1, 0.15) is 0 Å². The highest BCUT2D eigenvalue weighted by atomic mass is 16.1. The lowest BCUT2D eigenvalue weighted by atomic mass is 9.89. The van der Waals surface area contributed by atoms with Crippen molar-refractivity contribution in [2.24, 2.45) is 0 Å². The van der Waals surface area contributed by atoms with Crippen molar-refractivity contribution >= 4 is 11.6 Å². The van der Waals surface area contributed by atoms with Crippen LogP contribution >= 0.6 is 0 Å². The van der Waals surface area contributed by atoms with Crippen molar-refractivity contribution in [3.8, 4) is 0 Å². The summed E-state index contributed by atoms with van der Waals surface area (Å²) < 4.78 is 0. The van der Waals surface area contributed by atoms with E-state index in [4.69, 9.17) is 0 Å². The van der Waals surface area contributed by atoms with Crippen molar-refractivity contribution in [1.29, 1.82) is 0 Å². The molecule has 0 aliphatic heterocycles. The summed E-state index contributed by atoms with van der Waals surface area (Å²) in [5, 5.41) is 0. The van der Waals surface area contributed by atoms with Crippen LogP contribution in [0.4, 0.5) is 0 Å². The summed E-state index contributed by atoms with van der Waals surface area (Å²) in [5.41, 5.74) is 1.62. The van der Waals surface area contributed by atoms with Crippen LogP contribution in [-0.4, -0.2) is 29.6 Å². The smallest absolute Gasteiger partial charge is 0.209 e. The second kappa shape index (κ2) is 5.23. The van der Waals surface area contributed by atoms with E-state index >= 15 is 0 Å². The molecule has 0 amide bonds. The van der Waals surface area contributed by atoms with Gasteiger partial charge in [-0.15, -0.1) is 0 Å². The predicted molar refractivity (Wildman–Crippen MR) is 77.8 cm³/mol. The number of carbonyl (C=O) groups is 2. The average molecular weight is 269 g/mol. The highest BCUT2D eigenvalue weighted by molar-refractivity contribution is 6.24. The minimum atomic E-state index is -0.0575. The molecular weight excluding hydrogens is 250 g/mol. The summed E-state index contributed by atoms with van der Waals surface area (Å²) in [6.45, 7) is 0. The van der Waals surface area contributed by atoms with Crippen LogP contribution in [0.15, 0.2) is 36.0 Å². The fourth-order valence-electron chi connectivity index (χ4n) is 3.23. The van der Waals surface area contributed by atoms with Gasteiger partial charge in [-0.05, 0) is 12.8 Å². The number of fused-ring (bicyclic) bond motifs is 1. The third kappa shape index (κ3) is 2.17. The fourth-order valence-corrected chi connectivity index (χ4v) is 3.23. The molecule has 1 saturated carbocycles.